The highest BCUT2D eigenvalue weighted by atomic mass is 16.3. The van der Waals surface area contributed by atoms with Gasteiger partial charge in [-0.3, -0.25) is 9.55 Å². The van der Waals surface area contributed by atoms with E-state index in [-0.39, 0.29) is 28.8 Å². The molecule has 4 heteroatoms. The van der Waals surface area contributed by atoms with Gasteiger partial charge < -0.3 is 5.11 Å². The first-order valence-electron chi connectivity index (χ1n) is 24.9. The smallest absolute Gasteiger partial charge is 0.149 e. The van der Waals surface area contributed by atoms with E-state index in [4.69, 9.17) is 18.2 Å². The predicted molar refractivity (Wildman–Crippen MR) is 269 cm³/mol. The van der Waals surface area contributed by atoms with Crippen molar-refractivity contribution in [3.8, 4) is 78.6 Å². The fourth-order valence-corrected chi connectivity index (χ4v) is 8.52. The summed E-state index contributed by atoms with van der Waals surface area (Å²) in [6.07, 6.45) is 1.76. The van der Waals surface area contributed by atoms with Crippen molar-refractivity contribution in [1.29, 1.82) is 0 Å². The molecule has 0 bridgehead atoms. The van der Waals surface area contributed by atoms with Crippen LogP contribution in [0.25, 0.3) is 83.9 Å². The van der Waals surface area contributed by atoms with Crippen LogP contribution in [0, 0.1) is 6.92 Å². The van der Waals surface area contributed by atoms with Gasteiger partial charge in [0.05, 0.1) is 34.8 Å². The lowest BCUT2D eigenvalue weighted by molar-refractivity contribution is 0.446. The number of pyridine rings is 1. The van der Waals surface area contributed by atoms with Crippen molar-refractivity contribution in [3.05, 3.63) is 192 Å². The first-order chi connectivity index (χ1) is 33.0. The van der Waals surface area contributed by atoms with Crippen molar-refractivity contribution in [2.75, 3.05) is 0 Å². The van der Waals surface area contributed by atoms with E-state index in [1.807, 2.05) is 98.8 Å². The summed E-state index contributed by atoms with van der Waals surface area (Å²) in [6, 6.07) is 42.4. The number of aryl methyl sites for hydroxylation is 1. The number of aromatic nitrogens is 3. The third-order valence-corrected chi connectivity index (χ3v) is 12.0. The molecule has 0 saturated carbocycles. The number of nitrogens with zero attached hydrogens (tertiary/aromatic N) is 3. The number of imidazole rings is 1. The number of phenols is 1. The maximum atomic E-state index is 12.6. The molecule has 2 aromatic heterocycles. The Bertz CT molecular complexity index is 3490. The van der Waals surface area contributed by atoms with E-state index in [0.29, 0.717) is 39.3 Å². The second kappa shape index (κ2) is 16.6. The summed E-state index contributed by atoms with van der Waals surface area (Å²) >= 11 is 0. The van der Waals surface area contributed by atoms with Crippen LogP contribution in [0.3, 0.4) is 0 Å². The molecule has 2 heterocycles. The molecule has 9 rings (SSSR count). The number of rotatable bonds is 8. The van der Waals surface area contributed by atoms with Crippen LogP contribution < -0.4 is 0 Å². The van der Waals surface area contributed by atoms with Crippen molar-refractivity contribution in [2.24, 2.45) is 0 Å². The number of para-hydroxylation sites is 1. The number of phenolic OH excluding ortho intramolecular Hbond substituents is 1. The largest absolute Gasteiger partial charge is 0.507 e. The minimum absolute atomic E-state index is 0.0749. The van der Waals surface area contributed by atoms with Gasteiger partial charge in [-0.05, 0) is 123 Å². The van der Waals surface area contributed by atoms with Crippen LogP contribution in [0.15, 0.2) is 170 Å². The second-order valence-electron chi connectivity index (χ2n) is 19.1. The summed E-state index contributed by atoms with van der Waals surface area (Å²) in [5.74, 6) is -0.247. The molecule has 4 nitrogen and oxygen atoms in total. The normalized spacial score (nSPS) is 13.5. The number of fused-ring (bicyclic) bond motifs is 1. The third kappa shape index (κ3) is 8.17. The molecular formula is C60H57N3O. The number of hydrogen-bond donors (Lipinski definition) is 1. The number of aromatic hydroxyl groups is 1. The first kappa shape index (κ1) is 35.4. The molecule has 64 heavy (non-hydrogen) atoms. The molecule has 0 aliphatic heterocycles. The molecule has 0 aliphatic carbocycles. The summed E-state index contributed by atoms with van der Waals surface area (Å²) in [5, 5.41) is 12.6. The molecule has 0 unspecified atom stereocenters. The molecular weight excluding hydrogens is 779 g/mol. The average Bonchev–Trinajstić information content (AvgIpc) is 3.71. The number of hydrogen-bond acceptors (Lipinski definition) is 3. The lowest BCUT2D eigenvalue weighted by Crippen LogP contribution is -2.17. The Hall–Kier alpha value is -7.04. The van der Waals surface area contributed by atoms with Crippen LogP contribution in [0.1, 0.15) is 91.8 Å². The zero-order valence-corrected chi connectivity index (χ0v) is 38.1. The highest BCUT2D eigenvalue weighted by molar-refractivity contribution is 5.98. The maximum absolute atomic E-state index is 12.6. The highest BCUT2D eigenvalue weighted by Crippen LogP contribution is 2.46. The molecule has 0 atom stereocenters. The van der Waals surface area contributed by atoms with Crippen molar-refractivity contribution in [2.45, 2.75) is 79.0 Å². The molecule has 0 aliphatic rings. The average molecular weight is 842 g/mol. The molecule has 318 valence electrons. The molecule has 9 aromatic rings. The third-order valence-electron chi connectivity index (χ3n) is 12.0. The van der Waals surface area contributed by atoms with E-state index in [2.05, 4.69) is 102 Å². The van der Waals surface area contributed by atoms with E-state index in [9.17, 15) is 5.11 Å². The van der Waals surface area contributed by atoms with E-state index in [0.717, 1.165) is 61.3 Å². The maximum Gasteiger partial charge on any atom is 0.149 e. The van der Waals surface area contributed by atoms with Gasteiger partial charge in [-0.15, -0.1) is 0 Å². The van der Waals surface area contributed by atoms with Gasteiger partial charge in [0.15, 0.2) is 0 Å². The molecule has 1 N–H and O–H groups in total. The van der Waals surface area contributed by atoms with Crippen molar-refractivity contribution >= 4 is 11.0 Å². The number of benzene rings is 7. The van der Waals surface area contributed by atoms with E-state index in [1.165, 1.54) is 0 Å². The topological polar surface area (TPSA) is 50.9 Å². The van der Waals surface area contributed by atoms with Gasteiger partial charge in [0.1, 0.15) is 11.6 Å². The Morgan fingerprint density at radius 2 is 1.30 bits per heavy atom. The summed E-state index contributed by atoms with van der Waals surface area (Å²) < 4.78 is 55.1. The highest BCUT2D eigenvalue weighted by Gasteiger charge is 2.29. The zero-order valence-electron chi connectivity index (χ0n) is 44.1. The fourth-order valence-electron chi connectivity index (χ4n) is 8.52. The standard InChI is InChI=1S/C60H57N3O/c1-38(2)42-26-27-54(50(34-42)41-21-14-11-15-22-41)63-55-25-17-24-49(56(55)62-58(63)51-36-48(59(4,5)6)37-52(57(51)64)60(7,8)9)46-31-45(40-19-12-10-13-20-40)32-47(33-46)53-35-44(28-29-61-53)43-23-16-18-39(3)30-43/h10-38,64H,1-9H3/i10D,12D,13D,19D,20D,38D. The Balaban J connectivity index is 1.40. The molecule has 0 radical (unpaired) electrons. The lowest BCUT2D eigenvalue weighted by Gasteiger charge is -2.27. The summed E-state index contributed by atoms with van der Waals surface area (Å²) in [6.45, 7) is 18.6. The van der Waals surface area contributed by atoms with Gasteiger partial charge >= 0.3 is 0 Å². The Morgan fingerprint density at radius 1 is 0.594 bits per heavy atom. The van der Waals surface area contributed by atoms with E-state index >= 15 is 0 Å². The Morgan fingerprint density at radius 3 is 2.02 bits per heavy atom. The molecule has 7 aromatic carbocycles. The van der Waals surface area contributed by atoms with Crippen molar-refractivity contribution < 1.29 is 13.3 Å². The Labute approximate surface area is 387 Å². The SMILES string of the molecule is [2H]c1c([2H])c([2H])c(-c2cc(-c3cc(-c4cccc(C)c4)ccn3)cc(-c3cccc4c3nc(-c3cc(C(C)(C)C)cc(C(C)(C)C)c3O)n4-c3ccc(C([2H])(C)C)cc3-c3ccccc3)c2)c([2H])c1[2H]. The van der Waals surface area contributed by atoms with E-state index < -0.39 is 29.4 Å². The van der Waals surface area contributed by atoms with Crippen molar-refractivity contribution in [1.82, 2.24) is 14.5 Å². The Kier molecular flexibility index (Phi) is 9.18. The first-order valence-corrected chi connectivity index (χ1v) is 21.9. The quantitative estimate of drug-likeness (QED) is 0.166. The van der Waals surface area contributed by atoms with Crippen molar-refractivity contribution in [3.63, 3.8) is 0 Å². The lowest BCUT2D eigenvalue weighted by atomic mass is 9.79. The minimum Gasteiger partial charge on any atom is -0.507 e. The van der Waals surface area contributed by atoms with Crippen LogP contribution in [0.5, 0.6) is 5.75 Å². The van der Waals surface area contributed by atoms with Gasteiger partial charge in [-0.1, -0.05) is 170 Å². The van der Waals surface area contributed by atoms with Crippen LogP contribution in [0.2, 0.25) is 0 Å². The minimum atomic E-state index is -0.895. The molecule has 0 spiro atoms. The second-order valence-corrected chi connectivity index (χ2v) is 19.1. The predicted octanol–water partition coefficient (Wildman–Crippen LogP) is 16.2. The van der Waals surface area contributed by atoms with Crippen LogP contribution >= 0.6 is 0 Å². The summed E-state index contributed by atoms with van der Waals surface area (Å²) in [7, 11) is 0. The van der Waals surface area contributed by atoms with Gasteiger partial charge in [-0.25, -0.2) is 4.98 Å². The van der Waals surface area contributed by atoms with Gasteiger partial charge in [0.25, 0.3) is 0 Å². The van der Waals surface area contributed by atoms with Crippen LogP contribution in [-0.2, 0) is 10.8 Å². The monoisotopic (exact) mass is 841 g/mol. The molecule has 0 amide bonds. The summed E-state index contributed by atoms with van der Waals surface area (Å²) in [4.78, 5) is 10.4. The van der Waals surface area contributed by atoms with Crippen LogP contribution in [-0.4, -0.2) is 19.6 Å². The van der Waals surface area contributed by atoms with Gasteiger partial charge in [0.2, 0.25) is 0 Å². The molecule has 0 fully saturated rings. The zero-order chi connectivity index (χ0) is 50.2. The van der Waals surface area contributed by atoms with E-state index in [1.54, 1.807) is 6.20 Å². The van der Waals surface area contributed by atoms with Gasteiger partial charge in [0, 0.05) is 29.8 Å². The summed E-state index contributed by atoms with van der Waals surface area (Å²) in [5.41, 5.74) is 12.8. The van der Waals surface area contributed by atoms with Crippen LogP contribution in [0.4, 0.5) is 0 Å². The fraction of sp³-hybridized carbons (Fsp3) is 0.200. The molecule has 0 saturated heterocycles. The van der Waals surface area contributed by atoms with Gasteiger partial charge in [-0.2, -0.15) is 0 Å².